The minimum Gasteiger partial charge on any atom is -0.465 e. The third kappa shape index (κ3) is 4.21. The maximum atomic E-state index is 12.2. The van der Waals surface area contributed by atoms with E-state index in [1.165, 1.54) is 11.0 Å². The number of hydrogen-bond acceptors (Lipinski definition) is 7. The predicted octanol–water partition coefficient (Wildman–Crippen LogP) is -0.920. The van der Waals surface area contributed by atoms with Crippen LogP contribution in [0.3, 0.4) is 0 Å². The van der Waals surface area contributed by atoms with Gasteiger partial charge >= 0.3 is 0 Å². The van der Waals surface area contributed by atoms with Gasteiger partial charge in [-0.25, -0.2) is 4.68 Å². The van der Waals surface area contributed by atoms with Gasteiger partial charge in [0.05, 0.1) is 12.6 Å². The van der Waals surface area contributed by atoms with E-state index in [1.807, 2.05) is 24.0 Å². The number of nitrogens with one attached hydrogen (secondary N) is 2. The van der Waals surface area contributed by atoms with Gasteiger partial charge in [-0.1, -0.05) is 0 Å². The monoisotopic (exact) mass is 347 g/mol. The molecule has 134 valence electrons. The van der Waals surface area contributed by atoms with Crippen molar-refractivity contribution in [2.75, 3.05) is 13.6 Å². The third-order valence-corrected chi connectivity index (χ3v) is 4.17. The molecule has 10 heteroatoms. The van der Waals surface area contributed by atoms with Gasteiger partial charge in [0.1, 0.15) is 24.4 Å². The van der Waals surface area contributed by atoms with E-state index in [1.54, 1.807) is 7.05 Å². The van der Waals surface area contributed by atoms with Crippen molar-refractivity contribution < 1.29 is 14.0 Å². The minimum atomic E-state index is -0.311. The molecule has 2 aromatic rings. The Hall–Kier alpha value is -2.75. The lowest BCUT2D eigenvalue weighted by Gasteiger charge is -2.21. The second-order valence-electron chi connectivity index (χ2n) is 6.08. The highest BCUT2D eigenvalue weighted by Gasteiger charge is 2.37. The zero-order valence-electron chi connectivity index (χ0n) is 14.2. The molecule has 0 saturated carbocycles. The zero-order chi connectivity index (χ0) is 17.8. The summed E-state index contributed by atoms with van der Waals surface area (Å²) >= 11 is 0. The van der Waals surface area contributed by atoms with E-state index in [2.05, 4.69) is 26.2 Å². The first-order valence-corrected chi connectivity index (χ1v) is 8.06. The molecule has 2 atom stereocenters. The molecule has 2 aromatic heterocycles. The number of rotatable bonds is 6. The molecular weight excluding hydrogens is 326 g/mol. The lowest BCUT2D eigenvalue weighted by Crippen LogP contribution is -2.41. The highest BCUT2D eigenvalue weighted by atomic mass is 16.3. The SMILES string of the molecule is CNC(=O)[C@@H]1C[C@@H](NC(=O)Cn2cnnn2)CN1Cc1ccc(C)o1. The number of amides is 2. The molecule has 3 rings (SSSR count). The number of hydrogen-bond donors (Lipinski definition) is 2. The van der Waals surface area contributed by atoms with Gasteiger partial charge in [-0.05, 0) is 35.9 Å². The Bertz CT molecular complexity index is 727. The summed E-state index contributed by atoms with van der Waals surface area (Å²) in [7, 11) is 1.61. The lowest BCUT2D eigenvalue weighted by atomic mass is 10.1. The van der Waals surface area contributed by atoms with Crippen molar-refractivity contribution in [2.45, 2.75) is 38.5 Å². The van der Waals surface area contributed by atoms with Gasteiger partial charge in [-0.2, -0.15) is 0 Å². The minimum absolute atomic E-state index is 0.0471. The van der Waals surface area contributed by atoms with Gasteiger partial charge in [0, 0.05) is 19.6 Å². The summed E-state index contributed by atoms with van der Waals surface area (Å²) in [5.74, 6) is 1.37. The van der Waals surface area contributed by atoms with Crippen LogP contribution in [0.5, 0.6) is 0 Å². The molecule has 1 saturated heterocycles. The van der Waals surface area contributed by atoms with Crippen molar-refractivity contribution in [3.05, 3.63) is 30.0 Å². The van der Waals surface area contributed by atoms with Crippen LogP contribution in [-0.4, -0.2) is 62.6 Å². The fraction of sp³-hybridized carbons (Fsp3) is 0.533. The Balaban J connectivity index is 1.62. The van der Waals surface area contributed by atoms with Crippen LogP contribution in [0.4, 0.5) is 0 Å². The van der Waals surface area contributed by atoms with Crippen LogP contribution in [-0.2, 0) is 22.7 Å². The summed E-state index contributed by atoms with van der Waals surface area (Å²) in [6.07, 6.45) is 1.92. The van der Waals surface area contributed by atoms with Gasteiger partial charge in [-0.15, -0.1) is 5.10 Å². The summed E-state index contributed by atoms with van der Waals surface area (Å²) in [4.78, 5) is 26.3. The number of tetrazole rings is 1. The number of aryl methyl sites for hydroxylation is 1. The molecule has 2 amide bonds. The van der Waals surface area contributed by atoms with E-state index in [-0.39, 0.29) is 30.4 Å². The maximum absolute atomic E-state index is 12.2. The number of likely N-dealkylation sites (N-methyl/N-ethyl adjacent to an activating group) is 1. The van der Waals surface area contributed by atoms with Crippen molar-refractivity contribution in [3.8, 4) is 0 Å². The molecule has 10 nitrogen and oxygen atoms in total. The summed E-state index contributed by atoms with van der Waals surface area (Å²) in [6, 6.07) is 3.36. The first-order chi connectivity index (χ1) is 12.0. The molecule has 1 aliphatic rings. The zero-order valence-corrected chi connectivity index (χ0v) is 14.2. The molecule has 0 aliphatic carbocycles. The van der Waals surface area contributed by atoms with Gasteiger partial charge < -0.3 is 15.1 Å². The topological polar surface area (TPSA) is 118 Å². The molecule has 1 fully saturated rings. The summed E-state index contributed by atoms with van der Waals surface area (Å²) < 4.78 is 6.96. The van der Waals surface area contributed by atoms with Gasteiger partial charge in [0.2, 0.25) is 11.8 Å². The fourth-order valence-corrected chi connectivity index (χ4v) is 3.07. The molecule has 0 spiro atoms. The summed E-state index contributed by atoms with van der Waals surface area (Å²) in [5.41, 5.74) is 0. The van der Waals surface area contributed by atoms with Crippen LogP contribution in [0.25, 0.3) is 0 Å². The molecule has 1 aliphatic heterocycles. The van der Waals surface area contributed by atoms with E-state index in [4.69, 9.17) is 4.42 Å². The molecule has 0 bridgehead atoms. The van der Waals surface area contributed by atoms with E-state index in [0.717, 1.165) is 11.5 Å². The van der Waals surface area contributed by atoms with Crippen LogP contribution >= 0.6 is 0 Å². The van der Waals surface area contributed by atoms with E-state index < -0.39 is 0 Å². The Kier molecular flexibility index (Phi) is 5.08. The second-order valence-corrected chi connectivity index (χ2v) is 6.08. The Labute approximate surface area is 144 Å². The fourth-order valence-electron chi connectivity index (χ4n) is 3.07. The van der Waals surface area contributed by atoms with Crippen molar-refractivity contribution >= 4 is 11.8 Å². The third-order valence-electron chi connectivity index (χ3n) is 4.17. The molecular formula is C15H21N7O3. The van der Waals surface area contributed by atoms with Crippen LogP contribution < -0.4 is 10.6 Å². The van der Waals surface area contributed by atoms with E-state index >= 15 is 0 Å². The average molecular weight is 347 g/mol. The number of carbonyl (C=O) groups excluding carboxylic acids is 2. The van der Waals surface area contributed by atoms with E-state index in [9.17, 15) is 9.59 Å². The van der Waals surface area contributed by atoms with Gasteiger partial charge in [0.25, 0.3) is 0 Å². The predicted molar refractivity (Wildman–Crippen MR) is 86.1 cm³/mol. The number of nitrogens with zero attached hydrogens (tertiary/aromatic N) is 5. The Morgan fingerprint density at radius 1 is 1.40 bits per heavy atom. The average Bonchev–Trinajstić information content (AvgIpc) is 3.30. The van der Waals surface area contributed by atoms with Crippen LogP contribution in [0.15, 0.2) is 22.9 Å². The number of likely N-dealkylation sites (tertiary alicyclic amines) is 1. The van der Waals surface area contributed by atoms with Crippen molar-refractivity contribution in [2.24, 2.45) is 0 Å². The molecule has 0 aromatic carbocycles. The first-order valence-electron chi connectivity index (χ1n) is 8.06. The maximum Gasteiger partial charge on any atom is 0.242 e. The van der Waals surface area contributed by atoms with E-state index in [0.29, 0.717) is 19.5 Å². The first kappa shape index (κ1) is 17.1. The second kappa shape index (κ2) is 7.43. The van der Waals surface area contributed by atoms with Crippen LogP contribution in [0, 0.1) is 6.92 Å². The van der Waals surface area contributed by atoms with Crippen LogP contribution in [0.2, 0.25) is 0 Å². The Morgan fingerprint density at radius 2 is 2.24 bits per heavy atom. The van der Waals surface area contributed by atoms with Gasteiger partial charge in [-0.3, -0.25) is 14.5 Å². The molecule has 0 unspecified atom stereocenters. The molecule has 3 heterocycles. The molecule has 2 N–H and O–H groups in total. The van der Waals surface area contributed by atoms with Crippen molar-refractivity contribution in [1.82, 2.24) is 35.7 Å². The summed E-state index contributed by atoms with van der Waals surface area (Å²) in [6.45, 7) is 3.02. The normalized spacial score (nSPS) is 20.6. The standard InChI is InChI=1S/C15H21N7O3/c1-10-3-4-12(25-10)7-21-6-11(5-13(21)15(24)16-2)18-14(23)8-22-9-17-19-20-22/h3-4,9,11,13H,5-8H2,1-2H3,(H,16,24)(H,18,23)/t11-,13+/m1/s1. The highest BCUT2D eigenvalue weighted by molar-refractivity contribution is 5.82. The van der Waals surface area contributed by atoms with Gasteiger partial charge in [0.15, 0.2) is 0 Å². The van der Waals surface area contributed by atoms with Crippen molar-refractivity contribution in [1.29, 1.82) is 0 Å². The van der Waals surface area contributed by atoms with Crippen molar-refractivity contribution in [3.63, 3.8) is 0 Å². The molecule has 0 radical (unpaired) electrons. The molecule has 25 heavy (non-hydrogen) atoms. The Morgan fingerprint density at radius 3 is 2.88 bits per heavy atom. The lowest BCUT2D eigenvalue weighted by molar-refractivity contribution is -0.125. The smallest absolute Gasteiger partial charge is 0.242 e. The van der Waals surface area contributed by atoms with Crippen LogP contribution in [0.1, 0.15) is 17.9 Å². The summed E-state index contributed by atoms with van der Waals surface area (Å²) in [5, 5.41) is 16.3. The quantitative estimate of drug-likeness (QED) is 0.694. The number of furan rings is 1. The number of carbonyl (C=O) groups is 2. The largest absolute Gasteiger partial charge is 0.465 e. The number of aromatic nitrogens is 4. The highest BCUT2D eigenvalue weighted by Crippen LogP contribution is 2.22.